The molecule has 36 heavy (non-hydrogen) atoms. The van der Waals surface area contributed by atoms with Gasteiger partial charge in [-0.25, -0.2) is 0 Å². The first kappa shape index (κ1) is 26.2. The lowest BCUT2D eigenvalue weighted by Crippen LogP contribution is -2.54. The van der Waals surface area contributed by atoms with Gasteiger partial charge in [0.2, 0.25) is 11.8 Å². The Bertz CT molecular complexity index is 1220. The third-order valence-corrected chi connectivity index (χ3v) is 7.04. The molecule has 0 spiro atoms. The molecule has 0 radical (unpaired) electrons. The third-order valence-electron chi connectivity index (χ3n) is 6.80. The van der Waals surface area contributed by atoms with Gasteiger partial charge >= 0.3 is 0 Å². The highest BCUT2D eigenvalue weighted by molar-refractivity contribution is 6.30. The Labute approximate surface area is 217 Å². The maximum Gasteiger partial charge on any atom is 0.250 e. The molecule has 1 aliphatic heterocycles. The van der Waals surface area contributed by atoms with Crippen LogP contribution < -0.4 is 10.2 Å². The zero-order valence-electron chi connectivity index (χ0n) is 21.4. The number of carbonyl (C=O) groups excluding carboxylic acids is 2. The van der Waals surface area contributed by atoms with Gasteiger partial charge in [-0.3, -0.25) is 9.59 Å². The highest BCUT2D eigenvalue weighted by atomic mass is 35.5. The van der Waals surface area contributed by atoms with Gasteiger partial charge in [-0.2, -0.15) is 0 Å². The van der Waals surface area contributed by atoms with Crippen molar-refractivity contribution in [1.82, 2.24) is 15.2 Å². The molecule has 2 heterocycles. The van der Waals surface area contributed by atoms with Gasteiger partial charge in [0.1, 0.15) is 12.6 Å². The van der Waals surface area contributed by atoms with E-state index in [0.717, 1.165) is 40.7 Å². The number of hydrogen-bond donors (Lipinski definition) is 2. The quantitative estimate of drug-likeness (QED) is 0.452. The number of para-hydroxylation sites is 1. The fourth-order valence-corrected chi connectivity index (χ4v) is 5.38. The van der Waals surface area contributed by atoms with E-state index < -0.39 is 6.04 Å². The lowest BCUT2D eigenvalue weighted by Gasteiger charge is -2.38. The van der Waals surface area contributed by atoms with Gasteiger partial charge in [0.25, 0.3) is 0 Å². The number of rotatable bonds is 9. The molecule has 2 N–H and O–H groups in total. The molecule has 3 atom stereocenters. The van der Waals surface area contributed by atoms with Crippen molar-refractivity contribution >= 4 is 40.0 Å². The Morgan fingerprint density at radius 3 is 2.78 bits per heavy atom. The number of nitrogens with one attached hydrogen (secondary N) is 2. The lowest BCUT2D eigenvalue weighted by molar-refractivity contribution is -0.130. The molecule has 2 aromatic carbocycles. The molecular formula is C28H35ClN4O3. The summed E-state index contributed by atoms with van der Waals surface area (Å²) < 4.78 is 5.33. The van der Waals surface area contributed by atoms with Crippen LogP contribution in [0.5, 0.6) is 0 Å². The van der Waals surface area contributed by atoms with Gasteiger partial charge < -0.3 is 24.8 Å². The van der Waals surface area contributed by atoms with Gasteiger partial charge in [-0.05, 0) is 68.8 Å². The molecule has 4 rings (SSSR count). The maximum absolute atomic E-state index is 14.3. The normalized spacial score (nSPS) is 17.2. The molecule has 0 aliphatic carbocycles. The maximum atomic E-state index is 14.3. The van der Waals surface area contributed by atoms with Crippen molar-refractivity contribution in [1.29, 1.82) is 0 Å². The smallest absolute Gasteiger partial charge is 0.250 e. The van der Waals surface area contributed by atoms with Crippen LogP contribution >= 0.6 is 11.6 Å². The van der Waals surface area contributed by atoms with Crippen molar-refractivity contribution in [2.75, 3.05) is 45.3 Å². The number of nitrogens with zero attached hydrogens (tertiary/aromatic N) is 2. The summed E-state index contributed by atoms with van der Waals surface area (Å²) in [5, 5.41) is 4.69. The van der Waals surface area contributed by atoms with Gasteiger partial charge in [0.15, 0.2) is 0 Å². The number of fused-ring (bicyclic) bond motifs is 2. The van der Waals surface area contributed by atoms with E-state index in [0.29, 0.717) is 18.2 Å². The van der Waals surface area contributed by atoms with Crippen LogP contribution in [0.1, 0.15) is 30.9 Å². The minimum Gasteiger partial charge on any atom is -0.372 e. The van der Waals surface area contributed by atoms with Gasteiger partial charge in [-0.1, -0.05) is 36.7 Å². The number of hydrogen-bond acceptors (Lipinski definition) is 4. The minimum absolute atomic E-state index is 0.0870. The van der Waals surface area contributed by atoms with Crippen LogP contribution in [0.4, 0.5) is 5.69 Å². The molecule has 0 fully saturated rings. The van der Waals surface area contributed by atoms with E-state index in [1.807, 2.05) is 81.5 Å². The second-order valence-corrected chi connectivity index (χ2v) is 10.3. The van der Waals surface area contributed by atoms with E-state index in [1.165, 1.54) is 0 Å². The molecule has 8 heteroatoms. The number of H-pyrrole nitrogens is 1. The molecule has 7 nitrogen and oxygen atoms in total. The molecule has 2 amide bonds. The molecule has 1 aromatic heterocycles. The summed E-state index contributed by atoms with van der Waals surface area (Å²) in [6.07, 6.45) is 2.78. The van der Waals surface area contributed by atoms with Crippen LogP contribution in [0.15, 0.2) is 48.7 Å². The Kier molecular flexibility index (Phi) is 8.34. The van der Waals surface area contributed by atoms with Crippen molar-refractivity contribution in [3.05, 3.63) is 64.8 Å². The van der Waals surface area contributed by atoms with Crippen LogP contribution in [0.25, 0.3) is 10.9 Å². The zero-order chi connectivity index (χ0) is 25.8. The van der Waals surface area contributed by atoms with E-state index in [9.17, 15) is 9.59 Å². The van der Waals surface area contributed by atoms with E-state index in [1.54, 1.807) is 0 Å². The summed E-state index contributed by atoms with van der Waals surface area (Å²) in [6.45, 7) is 5.58. The van der Waals surface area contributed by atoms with Gasteiger partial charge in [0, 0.05) is 53.4 Å². The van der Waals surface area contributed by atoms with Crippen molar-refractivity contribution in [3.8, 4) is 0 Å². The van der Waals surface area contributed by atoms with Crippen molar-refractivity contribution in [2.24, 2.45) is 5.92 Å². The monoisotopic (exact) mass is 510 g/mol. The van der Waals surface area contributed by atoms with Crippen LogP contribution in [-0.2, 0) is 20.7 Å². The number of anilines is 1. The minimum atomic E-state index is -0.765. The average molecular weight is 511 g/mol. The summed E-state index contributed by atoms with van der Waals surface area (Å²) in [5.41, 5.74) is 3.89. The summed E-state index contributed by atoms with van der Waals surface area (Å²) in [7, 11) is 4.07. The second-order valence-electron chi connectivity index (χ2n) is 9.81. The fourth-order valence-electron chi connectivity index (χ4n) is 5.19. The number of carbonyl (C=O) groups is 2. The summed E-state index contributed by atoms with van der Waals surface area (Å²) in [6, 6.07) is 12.9. The fraction of sp³-hybridized carbons (Fsp3) is 0.429. The summed E-state index contributed by atoms with van der Waals surface area (Å²) in [5.74, 6) is -0.466. The van der Waals surface area contributed by atoms with Crippen molar-refractivity contribution in [2.45, 2.75) is 32.2 Å². The number of halogens is 1. The molecule has 1 aliphatic rings. The second kappa shape index (κ2) is 11.5. The third kappa shape index (κ3) is 5.75. The first-order valence-corrected chi connectivity index (χ1v) is 12.8. The molecule has 2 unspecified atom stereocenters. The van der Waals surface area contributed by atoms with Crippen LogP contribution in [0.3, 0.4) is 0 Å². The van der Waals surface area contributed by atoms with Crippen LogP contribution in [-0.4, -0.2) is 68.1 Å². The molecule has 0 bridgehead atoms. The highest BCUT2D eigenvalue weighted by Gasteiger charge is 2.37. The first-order chi connectivity index (χ1) is 17.3. The van der Waals surface area contributed by atoms with E-state index in [4.69, 9.17) is 16.3 Å². The highest BCUT2D eigenvalue weighted by Crippen LogP contribution is 2.35. The largest absolute Gasteiger partial charge is 0.372 e. The van der Waals surface area contributed by atoms with Gasteiger partial charge in [-0.15, -0.1) is 0 Å². The molecule has 3 aromatic rings. The Morgan fingerprint density at radius 2 is 2.03 bits per heavy atom. The number of amides is 2. The molecule has 0 saturated carbocycles. The van der Waals surface area contributed by atoms with Crippen LogP contribution in [0.2, 0.25) is 5.02 Å². The zero-order valence-corrected chi connectivity index (χ0v) is 22.1. The predicted molar refractivity (Wildman–Crippen MR) is 145 cm³/mol. The SMILES string of the molecule is CCOCC(=O)NC(C(=O)N1C[C@@H](CN(C)C)Cc2cc(Cl)ccc21)C(C)c1c[nH]c2ccccc12. The summed E-state index contributed by atoms with van der Waals surface area (Å²) in [4.78, 5) is 34.3. The van der Waals surface area contributed by atoms with E-state index in [-0.39, 0.29) is 30.3 Å². The number of aromatic amines is 1. The Balaban J connectivity index is 1.71. The van der Waals surface area contributed by atoms with Crippen molar-refractivity contribution in [3.63, 3.8) is 0 Å². The van der Waals surface area contributed by atoms with E-state index in [2.05, 4.69) is 15.2 Å². The number of aromatic nitrogens is 1. The average Bonchev–Trinajstić information content (AvgIpc) is 3.28. The molecule has 0 saturated heterocycles. The van der Waals surface area contributed by atoms with Crippen LogP contribution in [0, 0.1) is 5.92 Å². The Morgan fingerprint density at radius 1 is 1.25 bits per heavy atom. The number of ether oxygens (including phenoxy) is 1. The molecule has 192 valence electrons. The van der Waals surface area contributed by atoms with E-state index >= 15 is 0 Å². The Hall–Kier alpha value is -2.87. The first-order valence-electron chi connectivity index (χ1n) is 12.5. The lowest BCUT2D eigenvalue weighted by atomic mass is 9.88. The van der Waals surface area contributed by atoms with Crippen molar-refractivity contribution < 1.29 is 14.3 Å². The number of benzene rings is 2. The summed E-state index contributed by atoms with van der Waals surface area (Å²) >= 11 is 6.32. The molecular weight excluding hydrogens is 476 g/mol. The van der Waals surface area contributed by atoms with Gasteiger partial charge in [0.05, 0.1) is 0 Å². The predicted octanol–water partition coefficient (Wildman–Crippen LogP) is 4.21. The topological polar surface area (TPSA) is 77.7 Å². The standard InChI is InChI=1S/C28H35ClN4O3/c1-5-36-17-26(34)31-27(18(2)23-14-30-24-9-7-6-8-22(23)24)28(35)33-16-19(15-32(3)4)12-20-13-21(29)10-11-25(20)33/h6-11,13-14,18-19,27,30H,5,12,15-17H2,1-4H3,(H,31,34)/t18?,19-,27?/m1/s1.